The predicted octanol–water partition coefficient (Wildman–Crippen LogP) is 6.59. The monoisotopic (exact) mass is 595 g/mol. The molecule has 11 heteroatoms. The molecule has 1 N–H and O–H groups in total. The Morgan fingerprint density at radius 3 is 1.78 bits per heavy atom. The first-order valence-electron chi connectivity index (χ1n) is 11.8. The van der Waals surface area contributed by atoms with Gasteiger partial charge in [0.05, 0.1) is 11.5 Å². The summed E-state index contributed by atoms with van der Waals surface area (Å²) in [7, 11) is 0. The Bertz CT molecular complexity index is 974. The zero-order valence-electron chi connectivity index (χ0n) is 22.8. The lowest BCUT2D eigenvalue weighted by Crippen LogP contribution is -2.48. The Balaban J connectivity index is 3.42. The highest BCUT2D eigenvalue weighted by atomic mass is 79.9. The van der Waals surface area contributed by atoms with E-state index >= 15 is 0 Å². The number of rotatable bonds is 7. The van der Waals surface area contributed by atoms with Crippen LogP contribution in [-0.2, 0) is 36.4 Å². The van der Waals surface area contributed by atoms with Crippen molar-refractivity contribution in [1.82, 2.24) is 5.32 Å². The normalized spacial score (nSPS) is 14.4. The van der Waals surface area contributed by atoms with E-state index in [0.717, 1.165) is 12.1 Å². The van der Waals surface area contributed by atoms with Gasteiger partial charge in [0, 0.05) is 4.47 Å². The number of carbonyl (C=O) groups excluding carboxylic acids is 3. The summed E-state index contributed by atoms with van der Waals surface area (Å²) >= 11 is 3.24. The van der Waals surface area contributed by atoms with Crippen LogP contribution in [0.1, 0.15) is 79.9 Å². The molecule has 1 amide bonds. The van der Waals surface area contributed by atoms with Gasteiger partial charge in [-0.3, -0.25) is 4.79 Å². The minimum atomic E-state index is -4.59. The Morgan fingerprint density at radius 2 is 1.32 bits per heavy atom. The van der Waals surface area contributed by atoms with Crippen LogP contribution in [0, 0.1) is 5.92 Å². The molecule has 0 saturated carbocycles. The van der Waals surface area contributed by atoms with Gasteiger partial charge in [-0.25, -0.2) is 9.59 Å². The Hall–Kier alpha value is -2.30. The number of hydrogen-bond acceptors (Lipinski definition) is 6. The van der Waals surface area contributed by atoms with Crippen LogP contribution in [0.15, 0.2) is 22.7 Å². The average Bonchev–Trinajstić information content (AvgIpc) is 2.63. The summed E-state index contributed by atoms with van der Waals surface area (Å²) in [4.78, 5) is 38.7. The number of esters is 2. The van der Waals surface area contributed by atoms with Gasteiger partial charge in [-0.2, -0.15) is 13.2 Å². The van der Waals surface area contributed by atoms with E-state index in [1.54, 1.807) is 62.3 Å². The molecule has 0 aromatic heterocycles. The van der Waals surface area contributed by atoms with Crippen molar-refractivity contribution in [2.45, 2.75) is 104 Å². The van der Waals surface area contributed by atoms with Gasteiger partial charge in [-0.05, 0) is 98.9 Å². The van der Waals surface area contributed by atoms with E-state index in [9.17, 15) is 27.6 Å². The first kappa shape index (κ1) is 32.7. The molecule has 1 aromatic rings. The van der Waals surface area contributed by atoms with E-state index < -0.39 is 58.5 Å². The first-order valence-corrected chi connectivity index (χ1v) is 12.6. The van der Waals surface area contributed by atoms with Gasteiger partial charge in [0.1, 0.15) is 22.8 Å². The SMILES string of the molecule is CC(C)(C)OC(=O)N[C@@H](C[C@H](Cc1cc(C(F)(F)F)ccc1Br)C(=O)OC(C)(C)C)C(=O)OC(C)(C)C. The molecule has 0 radical (unpaired) electrons. The van der Waals surface area contributed by atoms with Gasteiger partial charge in [0.15, 0.2) is 0 Å². The molecule has 210 valence electrons. The second-order valence-electron chi connectivity index (χ2n) is 11.7. The van der Waals surface area contributed by atoms with Gasteiger partial charge in [0.2, 0.25) is 0 Å². The van der Waals surface area contributed by atoms with E-state index in [4.69, 9.17) is 14.2 Å². The van der Waals surface area contributed by atoms with Gasteiger partial charge < -0.3 is 19.5 Å². The number of hydrogen-bond donors (Lipinski definition) is 1. The van der Waals surface area contributed by atoms with Crippen LogP contribution in [0.2, 0.25) is 0 Å². The summed E-state index contributed by atoms with van der Waals surface area (Å²) < 4.78 is 56.6. The Labute approximate surface area is 224 Å². The van der Waals surface area contributed by atoms with E-state index in [2.05, 4.69) is 21.2 Å². The summed E-state index contributed by atoms with van der Waals surface area (Å²) in [5.74, 6) is -2.67. The highest BCUT2D eigenvalue weighted by Gasteiger charge is 2.36. The molecule has 37 heavy (non-hydrogen) atoms. The van der Waals surface area contributed by atoms with Crippen LogP contribution < -0.4 is 5.32 Å². The quantitative estimate of drug-likeness (QED) is 0.282. The lowest BCUT2D eigenvalue weighted by molar-refractivity contribution is -0.162. The summed E-state index contributed by atoms with van der Waals surface area (Å²) in [6, 6.07) is 1.76. The zero-order valence-corrected chi connectivity index (χ0v) is 24.3. The summed E-state index contributed by atoms with van der Waals surface area (Å²) in [6.07, 6.45) is -6.00. The lowest BCUT2D eigenvalue weighted by Gasteiger charge is -2.29. The number of carbonyl (C=O) groups is 3. The van der Waals surface area contributed by atoms with Crippen LogP contribution in [0.4, 0.5) is 18.0 Å². The Kier molecular flexibility index (Phi) is 10.7. The van der Waals surface area contributed by atoms with Crippen molar-refractivity contribution in [1.29, 1.82) is 0 Å². The van der Waals surface area contributed by atoms with Crippen molar-refractivity contribution in [3.05, 3.63) is 33.8 Å². The molecule has 0 unspecified atom stereocenters. The molecule has 0 aliphatic heterocycles. The number of alkyl carbamates (subject to hydrolysis) is 1. The van der Waals surface area contributed by atoms with Crippen LogP contribution >= 0.6 is 15.9 Å². The maximum absolute atomic E-state index is 13.3. The smallest absolute Gasteiger partial charge is 0.416 e. The zero-order chi connectivity index (χ0) is 29.0. The number of nitrogens with one attached hydrogen (secondary N) is 1. The number of halogens is 4. The first-order chi connectivity index (χ1) is 16.5. The van der Waals surface area contributed by atoms with Crippen molar-refractivity contribution in [3.8, 4) is 0 Å². The van der Waals surface area contributed by atoms with Gasteiger partial charge in [-0.15, -0.1) is 0 Å². The van der Waals surface area contributed by atoms with Crippen molar-refractivity contribution in [2.24, 2.45) is 5.92 Å². The second kappa shape index (κ2) is 12.0. The third-order valence-electron chi connectivity index (χ3n) is 4.48. The molecule has 0 spiro atoms. The molecule has 2 atom stereocenters. The van der Waals surface area contributed by atoms with E-state index in [1.807, 2.05) is 0 Å². The third-order valence-corrected chi connectivity index (χ3v) is 5.26. The summed E-state index contributed by atoms with van der Waals surface area (Å²) in [6.45, 7) is 14.8. The van der Waals surface area contributed by atoms with Gasteiger partial charge in [0.25, 0.3) is 0 Å². The molecule has 7 nitrogen and oxygen atoms in total. The highest BCUT2D eigenvalue weighted by Crippen LogP contribution is 2.33. The maximum Gasteiger partial charge on any atom is 0.416 e. The highest BCUT2D eigenvalue weighted by molar-refractivity contribution is 9.10. The summed E-state index contributed by atoms with van der Waals surface area (Å²) in [5, 5.41) is 2.44. The lowest BCUT2D eigenvalue weighted by atomic mass is 9.91. The molecular formula is C26H37BrF3NO6. The number of amides is 1. The van der Waals surface area contributed by atoms with Crippen molar-refractivity contribution >= 4 is 34.0 Å². The fraction of sp³-hybridized carbons (Fsp3) is 0.654. The molecule has 0 aliphatic rings. The molecule has 0 bridgehead atoms. The number of benzene rings is 1. The number of alkyl halides is 3. The Morgan fingerprint density at radius 1 is 0.838 bits per heavy atom. The molecule has 1 aromatic carbocycles. The predicted molar refractivity (Wildman–Crippen MR) is 136 cm³/mol. The minimum absolute atomic E-state index is 0.186. The molecule has 0 aliphatic carbocycles. The van der Waals surface area contributed by atoms with E-state index in [1.165, 1.54) is 6.07 Å². The molecule has 0 saturated heterocycles. The molecule has 0 heterocycles. The van der Waals surface area contributed by atoms with Crippen molar-refractivity contribution < 1.29 is 41.8 Å². The van der Waals surface area contributed by atoms with Crippen molar-refractivity contribution in [3.63, 3.8) is 0 Å². The van der Waals surface area contributed by atoms with Crippen LogP contribution in [-0.4, -0.2) is 40.9 Å². The largest absolute Gasteiger partial charge is 0.460 e. The van der Waals surface area contributed by atoms with E-state index in [0.29, 0.717) is 4.47 Å². The maximum atomic E-state index is 13.3. The van der Waals surface area contributed by atoms with Crippen LogP contribution in [0.25, 0.3) is 0 Å². The van der Waals surface area contributed by atoms with Crippen LogP contribution in [0.3, 0.4) is 0 Å². The third kappa shape index (κ3) is 12.7. The van der Waals surface area contributed by atoms with Gasteiger partial charge in [-0.1, -0.05) is 15.9 Å². The number of ether oxygens (including phenoxy) is 3. The standard InChI is InChI=1S/C26H37BrF3NO6/c1-23(2,3)35-20(32)16(12-15-13-17(26(28,29)30)10-11-18(15)27)14-19(21(33)36-24(4,5)6)31-22(34)37-25(7,8)9/h10-11,13,16,19H,12,14H2,1-9H3,(H,31,34)/t16-,19-/m0/s1. The second-order valence-corrected chi connectivity index (χ2v) is 12.6. The van der Waals surface area contributed by atoms with Crippen LogP contribution in [0.5, 0.6) is 0 Å². The average molecular weight is 596 g/mol. The summed E-state index contributed by atoms with van der Waals surface area (Å²) in [5.41, 5.74) is -3.37. The van der Waals surface area contributed by atoms with Crippen molar-refractivity contribution in [2.75, 3.05) is 0 Å². The molecular weight excluding hydrogens is 559 g/mol. The topological polar surface area (TPSA) is 90.9 Å². The fourth-order valence-corrected chi connectivity index (χ4v) is 3.55. The van der Waals surface area contributed by atoms with E-state index in [-0.39, 0.29) is 18.4 Å². The molecule has 0 fully saturated rings. The fourth-order valence-electron chi connectivity index (χ4n) is 3.14. The molecule has 1 rings (SSSR count). The van der Waals surface area contributed by atoms with Gasteiger partial charge >= 0.3 is 24.2 Å². The minimum Gasteiger partial charge on any atom is -0.460 e.